The lowest BCUT2D eigenvalue weighted by molar-refractivity contribution is -0.137. The Hall–Kier alpha value is -3.23. The Kier molecular flexibility index (Phi) is 8.35. The number of halogens is 4. The molecule has 4 heterocycles. The Labute approximate surface area is 255 Å². The normalized spacial score (nSPS) is 21.9. The summed E-state index contributed by atoms with van der Waals surface area (Å²) in [5.41, 5.74) is 0.932. The van der Waals surface area contributed by atoms with Gasteiger partial charge in [0.1, 0.15) is 5.82 Å². The fourth-order valence-electron chi connectivity index (χ4n) is 6.47. The number of aromatic nitrogens is 2. The molecular formula is C31H37ClF3N7O. The molecule has 1 aliphatic carbocycles. The Balaban J connectivity index is 1.31. The van der Waals surface area contributed by atoms with Crippen molar-refractivity contribution in [3.63, 3.8) is 0 Å². The number of piperazine rings is 1. The summed E-state index contributed by atoms with van der Waals surface area (Å²) in [5, 5.41) is 9.19. The van der Waals surface area contributed by atoms with Gasteiger partial charge < -0.3 is 24.3 Å². The maximum atomic E-state index is 14.1. The number of anilines is 2. The van der Waals surface area contributed by atoms with Gasteiger partial charge >= 0.3 is 12.2 Å². The second kappa shape index (κ2) is 12.0. The molecule has 2 aromatic rings. The molecule has 0 N–H and O–H groups in total. The second-order valence-electron chi connectivity index (χ2n) is 12.2. The molecule has 4 aliphatic rings. The molecule has 1 aromatic carbocycles. The van der Waals surface area contributed by atoms with E-state index in [1.54, 1.807) is 11.0 Å². The number of benzene rings is 1. The first-order valence-corrected chi connectivity index (χ1v) is 15.4. The zero-order valence-electron chi connectivity index (χ0n) is 24.4. The van der Waals surface area contributed by atoms with Crippen molar-refractivity contribution in [1.29, 1.82) is 5.26 Å². The summed E-state index contributed by atoms with van der Waals surface area (Å²) in [5.74, 6) is 0.762. The van der Waals surface area contributed by atoms with Gasteiger partial charge in [-0.3, -0.25) is 0 Å². The van der Waals surface area contributed by atoms with Crippen molar-refractivity contribution in [3.8, 4) is 12.1 Å². The van der Waals surface area contributed by atoms with E-state index in [9.17, 15) is 18.4 Å². The summed E-state index contributed by atoms with van der Waals surface area (Å²) in [6, 6.07) is 6.87. The summed E-state index contributed by atoms with van der Waals surface area (Å²) in [6.07, 6.45) is 3.71. The molecule has 0 radical (unpaired) electrons. The number of hydrogen-bond donors (Lipinski definition) is 0. The fourth-order valence-corrected chi connectivity index (χ4v) is 6.75. The van der Waals surface area contributed by atoms with Crippen LogP contribution >= 0.6 is 11.6 Å². The number of nitrogens with zero attached hydrogens (tertiary/aromatic N) is 7. The minimum Gasteiger partial charge on any atom is -0.463 e. The van der Waals surface area contributed by atoms with E-state index >= 15 is 0 Å². The summed E-state index contributed by atoms with van der Waals surface area (Å²) in [7, 11) is 0. The maximum Gasteiger partial charge on any atom is 0.419 e. The number of rotatable bonds is 9. The lowest BCUT2D eigenvalue weighted by Crippen LogP contribution is -2.51. The molecule has 1 unspecified atom stereocenters. The largest absolute Gasteiger partial charge is 0.463 e. The monoisotopic (exact) mass is 615 g/mol. The fraction of sp³-hybridized carbons (Fsp3) is 0.581. The third-order valence-corrected chi connectivity index (χ3v) is 9.42. The van der Waals surface area contributed by atoms with Gasteiger partial charge in [-0.1, -0.05) is 23.7 Å². The van der Waals surface area contributed by atoms with Crippen molar-refractivity contribution in [1.82, 2.24) is 19.8 Å². The highest BCUT2D eigenvalue weighted by Gasteiger charge is 2.46. The van der Waals surface area contributed by atoms with Gasteiger partial charge in [-0.2, -0.15) is 28.4 Å². The number of likely N-dealkylation sites (tertiary alicyclic amines) is 1. The van der Waals surface area contributed by atoms with Crippen LogP contribution in [0.2, 0.25) is 5.02 Å². The van der Waals surface area contributed by atoms with E-state index in [0.29, 0.717) is 44.8 Å². The average Bonchev–Trinajstić information content (AvgIpc) is 3.73. The van der Waals surface area contributed by atoms with E-state index in [1.807, 2.05) is 19.2 Å². The van der Waals surface area contributed by atoms with Crippen LogP contribution in [0.15, 0.2) is 30.5 Å². The number of fused-ring (bicyclic) bond motifs is 1. The SMILES string of the molecule is CC=CN1CCN(c2nc(OCC3(CN4CCC4)CC3)nc3c2CCN(c2cccc(Cl)c2C(F)(F)F)C3)CC1CC#N. The first kappa shape index (κ1) is 29.8. The van der Waals surface area contributed by atoms with Crippen LogP contribution < -0.4 is 14.5 Å². The van der Waals surface area contributed by atoms with Crippen molar-refractivity contribution in [2.75, 3.05) is 62.2 Å². The van der Waals surface area contributed by atoms with Crippen molar-refractivity contribution >= 4 is 23.1 Å². The molecule has 12 heteroatoms. The van der Waals surface area contributed by atoms with Crippen LogP contribution in [-0.4, -0.2) is 78.2 Å². The molecule has 3 aliphatic heterocycles. The van der Waals surface area contributed by atoms with Crippen molar-refractivity contribution < 1.29 is 17.9 Å². The lowest BCUT2D eigenvalue weighted by Gasteiger charge is -2.42. The van der Waals surface area contributed by atoms with Crippen LogP contribution in [0.3, 0.4) is 0 Å². The minimum absolute atomic E-state index is 0.00270. The van der Waals surface area contributed by atoms with E-state index < -0.39 is 11.7 Å². The molecule has 6 rings (SSSR count). The topological polar surface area (TPSA) is 71.8 Å². The molecule has 1 saturated carbocycles. The van der Waals surface area contributed by atoms with Crippen LogP contribution in [0.4, 0.5) is 24.7 Å². The van der Waals surface area contributed by atoms with Crippen LogP contribution in [0.1, 0.15) is 49.4 Å². The van der Waals surface area contributed by atoms with E-state index in [2.05, 4.69) is 20.8 Å². The third kappa shape index (κ3) is 6.36. The Morgan fingerprint density at radius 1 is 1.14 bits per heavy atom. The smallest absolute Gasteiger partial charge is 0.419 e. The zero-order chi connectivity index (χ0) is 30.2. The first-order valence-electron chi connectivity index (χ1n) is 15.1. The van der Waals surface area contributed by atoms with Crippen molar-refractivity contribution in [3.05, 3.63) is 52.3 Å². The second-order valence-corrected chi connectivity index (χ2v) is 12.6. The van der Waals surface area contributed by atoms with Gasteiger partial charge in [0.2, 0.25) is 0 Å². The van der Waals surface area contributed by atoms with Gasteiger partial charge in [0, 0.05) is 43.7 Å². The quantitative estimate of drug-likeness (QED) is 0.366. The molecule has 0 bridgehead atoms. The van der Waals surface area contributed by atoms with E-state index in [0.717, 1.165) is 50.4 Å². The number of hydrogen-bond acceptors (Lipinski definition) is 8. The summed E-state index contributed by atoms with van der Waals surface area (Å²) in [4.78, 5) is 18.3. The van der Waals surface area contributed by atoms with Gasteiger partial charge in [-0.05, 0) is 64.0 Å². The summed E-state index contributed by atoms with van der Waals surface area (Å²) >= 11 is 6.07. The van der Waals surface area contributed by atoms with Crippen LogP contribution in [0.5, 0.6) is 6.01 Å². The highest BCUT2D eigenvalue weighted by atomic mass is 35.5. The van der Waals surface area contributed by atoms with Crippen LogP contribution in [-0.2, 0) is 19.1 Å². The summed E-state index contributed by atoms with van der Waals surface area (Å²) < 4.78 is 48.5. The minimum atomic E-state index is -4.59. The Morgan fingerprint density at radius 3 is 2.63 bits per heavy atom. The van der Waals surface area contributed by atoms with Crippen LogP contribution in [0.25, 0.3) is 0 Å². The zero-order valence-corrected chi connectivity index (χ0v) is 25.2. The van der Waals surface area contributed by atoms with Gasteiger partial charge in [0.05, 0.1) is 53.7 Å². The van der Waals surface area contributed by atoms with E-state index in [1.165, 1.54) is 18.6 Å². The number of alkyl halides is 3. The molecule has 0 spiro atoms. The lowest BCUT2D eigenvalue weighted by atomic mass is 10.0. The van der Waals surface area contributed by atoms with Gasteiger partial charge in [-0.15, -0.1) is 0 Å². The van der Waals surface area contributed by atoms with Crippen molar-refractivity contribution in [2.24, 2.45) is 5.41 Å². The molecule has 1 aromatic heterocycles. The van der Waals surface area contributed by atoms with Crippen molar-refractivity contribution in [2.45, 2.75) is 57.8 Å². The molecule has 8 nitrogen and oxygen atoms in total. The Bertz CT molecular complexity index is 1400. The predicted molar refractivity (Wildman–Crippen MR) is 159 cm³/mol. The molecule has 43 heavy (non-hydrogen) atoms. The highest BCUT2D eigenvalue weighted by Crippen LogP contribution is 2.47. The molecule has 1 atom stereocenters. The highest BCUT2D eigenvalue weighted by molar-refractivity contribution is 6.31. The molecule has 3 fully saturated rings. The summed E-state index contributed by atoms with van der Waals surface area (Å²) in [6.45, 7) is 8.34. The van der Waals surface area contributed by atoms with Gasteiger partial charge in [0.25, 0.3) is 0 Å². The number of ether oxygens (including phenoxy) is 1. The molecule has 2 saturated heterocycles. The molecular weight excluding hydrogens is 579 g/mol. The van der Waals surface area contributed by atoms with E-state index in [-0.39, 0.29) is 34.7 Å². The standard InChI is InChI=1S/C31H37ClF3N7O/c1-2-12-40-16-17-42(18-22(40)7-11-36)28-23-8-15-41(26-6-3-5-24(32)27(26)31(33,34)35)19-25(23)37-29(38-28)43-21-30(9-10-30)20-39-13-4-14-39/h2-3,5-6,12,22H,4,7-10,13-21H2,1H3. The molecule has 0 amide bonds. The number of allylic oxidation sites excluding steroid dienone is 1. The maximum absolute atomic E-state index is 14.1. The first-order chi connectivity index (χ1) is 20.7. The van der Waals surface area contributed by atoms with Crippen LogP contribution in [0, 0.1) is 16.7 Å². The Morgan fingerprint density at radius 2 is 1.95 bits per heavy atom. The third-order valence-electron chi connectivity index (χ3n) is 9.11. The van der Waals surface area contributed by atoms with Gasteiger partial charge in [0.15, 0.2) is 0 Å². The predicted octanol–water partition coefficient (Wildman–Crippen LogP) is 5.51. The average molecular weight is 616 g/mol. The van der Waals surface area contributed by atoms with E-state index in [4.69, 9.17) is 26.3 Å². The molecule has 230 valence electrons. The van der Waals surface area contributed by atoms with Gasteiger partial charge in [-0.25, -0.2) is 0 Å². The number of nitriles is 1.